The summed E-state index contributed by atoms with van der Waals surface area (Å²) in [5.74, 6) is 0.0184. The Labute approximate surface area is 131 Å². The first-order chi connectivity index (χ1) is 10.6. The Balaban J connectivity index is 1.92. The molecule has 1 aliphatic rings. The number of benzene rings is 1. The Morgan fingerprint density at radius 1 is 1.32 bits per heavy atom. The molecule has 2 rings (SSSR count). The minimum Gasteiger partial charge on any atom is -0.359 e. The Kier molecular flexibility index (Phi) is 5.58. The minimum atomic E-state index is -0.0767. The van der Waals surface area contributed by atoms with Gasteiger partial charge in [0.05, 0.1) is 0 Å². The summed E-state index contributed by atoms with van der Waals surface area (Å²) in [5, 5.41) is 5.53. The van der Waals surface area contributed by atoms with Crippen LogP contribution in [0.2, 0.25) is 0 Å². The van der Waals surface area contributed by atoms with Crippen molar-refractivity contribution < 1.29 is 9.59 Å². The van der Waals surface area contributed by atoms with E-state index in [2.05, 4.69) is 23.6 Å². The number of aryl methyl sites for hydroxylation is 1. The zero-order valence-electron chi connectivity index (χ0n) is 13.2. The van der Waals surface area contributed by atoms with Crippen molar-refractivity contribution >= 4 is 17.6 Å². The lowest BCUT2D eigenvalue weighted by Gasteiger charge is -2.25. The van der Waals surface area contributed by atoms with Crippen molar-refractivity contribution in [3.63, 3.8) is 0 Å². The van der Waals surface area contributed by atoms with E-state index in [1.807, 2.05) is 24.3 Å². The number of nitrogens with one attached hydrogen (secondary N) is 2. The number of carbonyl (C=O) groups excluding carboxylic acids is 2. The smallest absolute Gasteiger partial charge is 0.322 e. The molecule has 0 saturated carbocycles. The van der Waals surface area contributed by atoms with E-state index in [0.717, 1.165) is 24.2 Å². The molecule has 0 spiro atoms. The number of anilines is 1. The molecular formula is C17H23N3O2. The van der Waals surface area contributed by atoms with Crippen LogP contribution in [0.15, 0.2) is 35.9 Å². The molecule has 0 saturated heterocycles. The second kappa shape index (κ2) is 7.64. The predicted molar refractivity (Wildman–Crippen MR) is 87.8 cm³/mol. The summed E-state index contributed by atoms with van der Waals surface area (Å²) in [5.41, 5.74) is 3.14. The average Bonchev–Trinajstić information content (AvgIpc) is 2.53. The van der Waals surface area contributed by atoms with Crippen molar-refractivity contribution in [3.8, 4) is 0 Å². The maximum atomic E-state index is 12.2. The lowest BCUT2D eigenvalue weighted by atomic mass is 10.1. The second-order valence-corrected chi connectivity index (χ2v) is 5.55. The average molecular weight is 301 g/mol. The molecule has 5 heteroatoms. The normalized spacial score (nSPS) is 14.3. The third kappa shape index (κ3) is 4.62. The first-order valence-corrected chi connectivity index (χ1v) is 7.59. The fourth-order valence-electron chi connectivity index (χ4n) is 2.35. The van der Waals surface area contributed by atoms with Crippen LogP contribution in [0.3, 0.4) is 0 Å². The number of hydrogen-bond donors (Lipinski definition) is 2. The molecule has 0 fully saturated rings. The number of hydrogen-bond acceptors (Lipinski definition) is 2. The van der Waals surface area contributed by atoms with Crippen molar-refractivity contribution in [1.82, 2.24) is 10.2 Å². The van der Waals surface area contributed by atoms with Crippen molar-refractivity contribution in [1.29, 1.82) is 0 Å². The molecule has 1 aliphatic heterocycles. The molecule has 0 unspecified atom stereocenters. The van der Waals surface area contributed by atoms with Crippen molar-refractivity contribution in [3.05, 3.63) is 41.5 Å². The van der Waals surface area contributed by atoms with Crippen LogP contribution in [0.5, 0.6) is 0 Å². The summed E-state index contributed by atoms with van der Waals surface area (Å²) < 4.78 is 0. The predicted octanol–water partition coefficient (Wildman–Crippen LogP) is 2.55. The molecule has 5 nitrogen and oxygen atoms in total. The molecular weight excluding hydrogens is 278 g/mol. The highest BCUT2D eigenvalue weighted by Gasteiger charge is 2.15. The fraction of sp³-hybridized carbons (Fsp3) is 0.412. The summed E-state index contributed by atoms with van der Waals surface area (Å²) in [6, 6.07) is 7.57. The molecule has 0 atom stereocenters. The van der Waals surface area contributed by atoms with E-state index in [9.17, 15) is 9.59 Å². The third-order valence-corrected chi connectivity index (χ3v) is 3.82. The molecule has 1 aromatic carbocycles. The molecule has 3 amide bonds. The van der Waals surface area contributed by atoms with Crippen LogP contribution in [0.25, 0.3) is 0 Å². The monoisotopic (exact) mass is 301 g/mol. The van der Waals surface area contributed by atoms with Crippen LogP contribution >= 0.6 is 0 Å². The zero-order valence-corrected chi connectivity index (χ0v) is 13.2. The first-order valence-electron chi connectivity index (χ1n) is 7.59. The SMILES string of the molecule is CNC(=O)CCc1cccc(NC(=O)N2CC=C(C)CC2)c1. The van der Waals surface area contributed by atoms with Gasteiger partial charge in [-0.3, -0.25) is 4.79 Å². The van der Waals surface area contributed by atoms with Crippen LogP contribution < -0.4 is 10.6 Å². The summed E-state index contributed by atoms with van der Waals surface area (Å²) in [6.07, 6.45) is 4.13. The number of rotatable bonds is 4. The molecule has 118 valence electrons. The van der Waals surface area contributed by atoms with Gasteiger partial charge in [-0.1, -0.05) is 23.8 Å². The number of amides is 3. The summed E-state index contributed by atoms with van der Waals surface area (Å²) in [6.45, 7) is 3.50. The van der Waals surface area contributed by atoms with Crippen molar-refractivity contribution in [2.45, 2.75) is 26.2 Å². The van der Waals surface area contributed by atoms with E-state index in [1.165, 1.54) is 5.57 Å². The van der Waals surface area contributed by atoms with Crippen molar-refractivity contribution in [2.75, 3.05) is 25.5 Å². The Morgan fingerprint density at radius 2 is 2.14 bits per heavy atom. The third-order valence-electron chi connectivity index (χ3n) is 3.82. The van der Waals surface area contributed by atoms with E-state index >= 15 is 0 Å². The minimum absolute atomic E-state index is 0.0184. The highest BCUT2D eigenvalue weighted by molar-refractivity contribution is 5.89. The van der Waals surface area contributed by atoms with Gasteiger partial charge in [-0.05, 0) is 37.5 Å². The van der Waals surface area contributed by atoms with Gasteiger partial charge in [0.15, 0.2) is 0 Å². The van der Waals surface area contributed by atoms with Crippen LogP contribution in [0.1, 0.15) is 25.3 Å². The first kappa shape index (κ1) is 16.1. The molecule has 0 bridgehead atoms. The van der Waals surface area contributed by atoms with Gasteiger partial charge in [-0.25, -0.2) is 4.79 Å². The van der Waals surface area contributed by atoms with E-state index in [4.69, 9.17) is 0 Å². The van der Waals surface area contributed by atoms with Gasteiger partial charge in [0.25, 0.3) is 0 Å². The van der Waals surface area contributed by atoms with Crippen LogP contribution in [-0.4, -0.2) is 37.0 Å². The number of urea groups is 1. The molecule has 22 heavy (non-hydrogen) atoms. The quantitative estimate of drug-likeness (QED) is 0.840. The number of nitrogens with zero attached hydrogens (tertiary/aromatic N) is 1. The summed E-state index contributed by atoms with van der Waals surface area (Å²) in [4.78, 5) is 25.3. The van der Waals surface area contributed by atoms with Crippen LogP contribution in [-0.2, 0) is 11.2 Å². The Hall–Kier alpha value is -2.30. The van der Waals surface area contributed by atoms with Crippen LogP contribution in [0, 0.1) is 0 Å². The Morgan fingerprint density at radius 3 is 2.82 bits per heavy atom. The molecule has 0 aliphatic carbocycles. The molecule has 0 radical (unpaired) electrons. The Bertz CT molecular complexity index is 581. The lowest BCUT2D eigenvalue weighted by molar-refractivity contribution is -0.120. The van der Waals surface area contributed by atoms with Gasteiger partial charge in [-0.2, -0.15) is 0 Å². The fourth-order valence-corrected chi connectivity index (χ4v) is 2.35. The molecule has 2 N–H and O–H groups in total. The van der Waals surface area contributed by atoms with E-state index in [-0.39, 0.29) is 11.9 Å². The topological polar surface area (TPSA) is 61.4 Å². The van der Waals surface area contributed by atoms with Gasteiger partial charge in [0, 0.05) is 32.2 Å². The van der Waals surface area contributed by atoms with Gasteiger partial charge >= 0.3 is 6.03 Å². The van der Waals surface area contributed by atoms with E-state index < -0.39 is 0 Å². The van der Waals surface area contributed by atoms with Crippen molar-refractivity contribution in [2.24, 2.45) is 0 Å². The van der Waals surface area contributed by atoms with Gasteiger partial charge < -0.3 is 15.5 Å². The summed E-state index contributed by atoms with van der Waals surface area (Å²) >= 11 is 0. The lowest BCUT2D eigenvalue weighted by Crippen LogP contribution is -2.37. The van der Waals surface area contributed by atoms with Gasteiger partial charge in [0.1, 0.15) is 0 Å². The molecule has 1 aromatic rings. The molecule has 0 aromatic heterocycles. The van der Waals surface area contributed by atoms with E-state index in [0.29, 0.717) is 19.4 Å². The second-order valence-electron chi connectivity index (χ2n) is 5.55. The largest absolute Gasteiger partial charge is 0.359 e. The maximum Gasteiger partial charge on any atom is 0.322 e. The molecule has 1 heterocycles. The highest BCUT2D eigenvalue weighted by Crippen LogP contribution is 2.15. The standard InChI is InChI=1S/C17H23N3O2/c1-13-8-10-20(11-9-13)17(22)19-15-5-3-4-14(12-15)6-7-16(21)18-2/h3-5,8,12H,6-7,9-11H2,1-2H3,(H,18,21)(H,19,22). The van der Waals surface area contributed by atoms with E-state index in [1.54, 1.807) is 11.9 Å². The van der Waals surface area contributed by atoms with Gasteiger partial charge in [-0.15, -0.1) is 0 Å². The zero-order chi connectivity index (χ0) is 15.9. The highest BCUT2D eigenvalue weighted by atomic mass is 16.2. The van der Waals surface area contributed by atoms with Crippen LogP contribution in [0.4, 0.5) is 10.5 Å². The van der Waals surface area contributed by atoms with Gasteiger partial charge in [0.2, 0.25) is 5.91 Å². The summed E-state index contributed by atoms with van der Waals surface area (Å²) in [7, 11) is 1.63. The maximum absolute atomic E-state index is 12.2. The number of carbonyl (C=O) groups is 2.